The maximum absolute atomic E-state index is 13.1. The standard InChI is InChI=1S/C23H27ClN6O3/c1-3-6-30-12-17-20(22(30)32)26-23(29-9-7-28(8-10-29)14(2)31)27-21(17)25-18-13-33-19-5-4-15(24)11-16(18)19/h4-5,11,18H,3,6-10,12-13H2,1-2H3,(H,25,26,27). The number of carbonyl (C=O) groups excluding carboxylic acids is 2. The summed E-state index contributed by atoms with van der Waals surface area (Å²) in [6.45, 7) is 7.70. The Labute approximate surface area is 197 Å². The van der Waals surface area contributed by atoms with Gasteiger partial charge in [-0.05, 0) is 24.6 Å². The summed E-state index contributed by atoms with van der Waals surface area (Å²) in [5.41, 5.74) is 2.24. The van der Waals surface area contributed by atoms with Gasteiger partial charge >= 0.3 is 0 Å². The summed E-state index contributed by atoms with van der Waals surface area (Å²) in [5.74, 6) is 1.96. The van der Waals surface area contributed by atoms with Gasteiger partial charge in [0.15, 0.2) is 0 Å². The lowest BCUT2D eigenvalue weighted by atomic mass is 10.1. The third kappa shape index (κ3) is 4.06. The lowest BCUT2D eigenvalue weighted by Crippen LogP contribution is -2.48. The number of piperazine rings is 1. The molecule has 3 aliphatic rings. The van der Waals surface area contributed by atoms with Crippen molar-refractivity contribution in [3.63, 3.8) is 0 Å². The van der Waals surface area contributed by atoms with Crippen LogP contribution in [-0.2, 0) is 11.3 Å². The highest BCUT2D eigenvalue weighted by Crippen LogP contribution is 2.38. The minimum Gasteiger partial charge on any atom is -0.491 e. The van der Waals surface area contributed by atoms with Gasteiger partial charge in [0.1, 0.15) is 23.9 Å². The molecule has 33 heavy (non-hydrogen) atoms. The molecule has 1 aromatic heterocycles. The monoisotopic (exact) mass is 470 g/mol. The molecule has 0 bridgehead atoms. The van der Waals surface area contributed by atoms with Crippen LogP contribution in [0.3, 0.4) is 0 Å². The second kappa shape index (κ2) is 8.70. The van der Waals surface area contributed by atoms with Crippen molar-refractivity contribution in [3.05, 3.63) is 40.0 Å². The Balaban J connectivity index is 1.47. The van der Waals surface area contributed by atoms with Crippen molar-refractivity contribution < 1.29 is 14.3 Å². The first-order chi connectivity index (χ1) is 15.9. The predicted molar refractivity (Wildman–Crippen MR) is 125 cm³/mol. The number of halogens is 1. The van der Waals surface area contributed by atoms with Crippen molar-refractivity contribution >= 4 is 35.2 Å². The van der Waals surface area contributed by atoms with Gasteiger partial charge in [0.05, 0.1) is 12.6 Å². The number of hydrogen-bond donors (Lipinski definition) is 1. The fraction of sp³-hybridized carbons (Fsp3) is 0.478. The first-order valence-corrected chi connectivity index (χ1v) is 11.7. The van der Waals surface area contributed by atoms with Gasteiger partial charge in [-0.2, -0.15) is 4.98 Å². The smallest absolute Gasteiger partial charge is 0.273 e. The quantitative estimate of drug-likeness (QED) is 0.718. The molecular weight excluding hydrogens is 444 g/mol. The van der Waals surface area contributed by atoms with E-state index in [1.54, 1.807) is 6.92 Å². The normalized spacial score (nSPS) is 19.4. The number of ether oxygens (including phenoxy) is 1. The topological polar surface area (TPSA) is 90.9 Å². The second-order valence-electron chi connectivity index (χ2n) is 8.61. The number of hydrogen-bond acceptors (Lipinski definition) is 7. The van der Waals surface area contributed by atoms with Crippen molar-refractivity contribution in [2.45, 2.75) is 32.9 Å². The molecule has 2 amide bonds. The Morgan fingerprint density at radius 2 is 2.03 bits per heavy atom. The summed E-state index contributed by atoms with van der Waals surface area (Å²) in [6.07, 6.45) is 0.873. The molecule has 0 radical (unpaired) electrons. The van der Waals surface area contributed by atoms with Gasteiger partial charge in [-0.15, -0.1) is 0 Å². The lowest BCUT2D eigenvalue weighted by molar-refractivity contribution is -0.129. The van der Waals surface area contributed by atoms with Crippen LogP contribution in [0.4, 0.5) is 11.8 Å². The van der Waals surface area contributed by atoms with Crippen LogP contribution in [-0.4, -0.2) is 70.9 Å². The minimum atomic E-state index is -0.129. The van der Waals surface area contributed by atoms with E-state index < -0.39 is 0 Å². The molecule has 1 N–H and O–H groups in total. The van der Waals surface area contributed by atoms with Crippen LogP contribution in [0.15, 0.2) is 18.2 Å². The molecule has 2 aromatic rings. The molecule has 1 fully saturated rings. The van der Waals surface area contributed by atoms with E-state index in [0.29, 0.717) is 68.4 Å². The molecule has 4 heterocycles. The maximum Gasteiger partial charge on any atom is 0.273 e. The predicted octanol–water partition coefficient (Wildman–Crippen LogP) is 2.71. The van der Waals surface area contributed by atoms with E-state index in [2.05, 4.69) is 17.2 Å². The van der Waals surface area contributed by atoms with Crippen molar-refractivity contribution in [2.24, 2.45) is 0 Å². The van der Waals surface area contributed by atoms with Crippen LogP contribution in [0.2, 0.25) is 5.02 Å². The molecule has 1 atom stereocenters. The molecule has 10 heteroatoms. The highest BCUT2D eigenvalue weighted by atomic mass is 35.5. The van der Waals surface area contributed by atoms with Gasteiger partial charge in [-0.1, -0.05) is 18.5 Å². The number of anilines is 2. The molecule has 1 saturated heterocycles. The molecule has 9 nitrogen and oxygen atoms in total. The van der Waals surface area contributed by atoms with Crippen LogP contribution in [0.25, 0.3) is 0 Å². The van der Waals surface area contributed by atoms with Gasteiger partial charge < -0.3 is 24.8 Å². The number of carbonyl (C=O) groups is 2. The molecule has 0 saturated carbocycles. The Morgan fingerprint density at radius 3 is 2.76 bits per heavy atom. The van der Waals surface area contributed by atoms with Crippen LogP contribution >= 0.6 is 11.6 Å². The zero-order chi connectivity index (χ0) is 23.1. The number of fused-ring (bicyclic) bond motifs is 2. The van der Waals surface area contributed by atoms with Crippen LogP contribution < -0.4 is 15.0 Å². The van der Waals surface area contributed by atoms with Gasteiger partial charge in [-0.25, -0.2) is 4.98 Å². The average Bonchev–Trinajstić information content (AvgIpc) is 3.35. The Morgan fingerprint density at radius 1 is 1.24 bits per heavy atom. The van der Waals surface area contributed by atoms with E-state index >= 15 is 0 Å². The van der Waals surface area contributed by atoms with Gasteiger partial charge in [0.2, 0.25) is 11.9 Å². The molecular formula is C23H27ClN6O3. The third-order valence-corrected chi connectivity index (χ3v) is 6.63. The Bertz CT molecular complexity index is 1100. The first-order valence-electron chi connectivity index (χ1n) is 11.3. The molecule has 3 aliphatic heterocycles. The number of nitrogens with zero attached hydrogens (tertiary/aromatic N) is 5. The van der Waals surface area contributed by atoms with Crippen molar-refractivity contribution in [3.8, 4) is 5.75 Å². The minimum absolute atomic E-state index is 0.0629. The molecule has 0 spiro atoms. The summed E-state index contributed by atoms with van der Waals surface area (Å²) in [4.78, 5) is 40.0. The fourth-order valence-electron chi connectivity index (χ4n) is 4.61. The highest BCUT2D eigenvalue weighted by Gasteiger charge is 2.35. The van der Waals surface area contributed by atoms with Crippen LogP contribution in [0.1, 0.15) is 47.9 Å². The first kappa shape index (κ1) is 21.8. The lowest BCUT2D eigenvalue weighted by Gasteiger charge is -2.34. The van der Waals surface area contributed by atoms with E-state index in [9.17, 15) is 9.59 Å². The summed E-state index contributed by atoms with van der Waals surface area (Å²) < 4.78 is 5.83. The van der Waals surface area contributed by atoms with Crippen LogP contribution in [0, 0.1) is 0 Å². The summed E-state index contributed by atoms with van der Waals surface area (Å²) in [7, 11) is 0. The van der Waals surface area contributed by atoms with Gasteiger partial charge in [0, 0.05) is 55.8 Å². The summed E-state index contributed by atoms with van der Waals surface area (Å²) in [5, 5.41) is 4.16. The molecule has 0 aliphatic carbocycles. The van der Waals surface area contributed by atoms with E-state index in [0.717, 1.165) is 23.3 Å². The maximum atomic E-state index is 13.1. The molecule has 1 unspecified atom stereocenters. The number of rotatable bonds is 5. The summed E-state index contributed by atoms with van der Waals surface area (Å²) >= 11 is 6.22. The molecule has 174 valence electrons. The summed E-state index contributed by atoms with van der Waals surface area (Å²) in [6, 6.07) is 5.45. The van der Waals surface area contributed by atoms with Gasteiger partial charge in [0.25, 0.3) is 5.91 Å². The highest BCUT2D eigenvalue weighted by molar-refractivity contribution is 6.30. The van der Waals surface area contributed by atoms with E-state index in [1.165, 1.54) is 0 Å². The van der Waals surface area contributed by atoms with Crippen molar-refractivity contribution in [1.82, 2.24) is 19.8 Å². The Hall–Kier alpha value is -3.07. The van der Waals surface area contributed by atoms with Gasteiger partial charge in [-0.3, -0.25) is 9.59 Å². The number of aromatic nitrogens is 2. The van der Waals surface area contributed by atoms with Crippen molar-refractivity contribution in [2.75, 3.05) is 49.5 Å². The second-order valence-corrected chi connectivity index (χ2v) is 9.05. The number of benzene rings is 1. The van der Waals surface area contributed by atoms with E-state index in [1.807, 2.05) is 32.9 Å². The number of nitrogens with one attached hydrogen (secondary N) is 1. The Kier molecular flexibility index (Phi) is 5.74. The SMILES string of the molecule is CCCN1Cc2c(NC3COc4ccc(Cl)cc43)nc(N3CCN(C(C)=O)CC3)nc2C1=O. The zero-order valence-corrected chi connectivity index (χ0v) is 19.6. The average molecular weight is 471 g/mol. The van der Waals surface area contributed by atoms with E-state index in [4.69, 9.17) is 21.3 Å². The largest absolute Gasteiger partial charge is 0.491 e. The third-order valence-electron chi connectivity index (χ3n) is 6.40. The zero-order valence-electron chi connectivity index (χ0n) is 18.8. The van der Waals surface area contributed by atoms with Crippen molar-refractivity contribution in [1.29, 1.82) is 0 Å². The van der Waals surface area contributed by atoms with Crippen LogP contribution in [0.5, 0.6) is 5.75 Å². The fourth-order valence-corrected chi connectivity index (χ4v) is 4.79. The number of amides is 2. The van der Waals surface area contributed by atoms with E-state index in [-0.39, 0.29) is 17.9 Å². The molecule has 1 aromatic carbocycles. The molecule has 5 rings (SSSR count).